The van der Waals surface area contributed by atoms with E-state index in [9.17, 15) is 14.7 Å². The smallest absolute Gasteiger partial charge is 0.309 e. The molecule has 0 spiro atoms. The van der Waals surface area contributed by atoms with Crippen LogP contribution in [0.25, 0.3) is 0 Å². The lowest BCUT2D eigenvalue weighted by atomic mass is 9.74. The van der Waals surface area contributed by atoms with Crippen molar-refractivity contribution in [3.63, 3.8) is 0 Å². The number of carboxylic acids is 1. The van der Waals surface area contributed by atoms with Gasteiger partial charge >= 0.3 is 5.97 Å². The molecule has 2 N–H and O–H groups in total. The van der Waals surface area contributed by atoms with E-state index < -0.39 is 16.9 Å². The summed E-state index contributed by atoms with van der Waals surface area (Å²) in [7, 11) is 0. The van der Waals surface area contributed by atoms with Crippen molar-refractivity contribution in [1.82, 2.24) is 10.2 Å². The van der Waals surface area contributed by atoms with Gasteiger partial charge in [-0.25, -0.2) is 0 Å². The summed E-state index contributed by atoms with van der Waals surface area (Å²) < 4.78 is 0. The van der Waals surface area contributed by atoms with Crippen LogP contribution >= 0.6 is 0 Å². The third kappa shape index (κ3) is 2.68. The quantitative estimate of drug-likeness (QED) is 0.822. The molecule has 0 saturated carbocycles. The second kappa shape index (κ2) is 5.35. The molecule has 1 amide bonds. The monoisotopic (exact) mass is 282 g/mol. The van der Waals surface area contributed by atoms with Crippen molar-refractivity contribution in [3.05, 3.63) is 0 Å². The number of likely N-dealkylation sites (tertiary alicyclic amines) is 1. The van der Waals surface area contributed by atoms with Gasteiger partial charge in [-0.3, -0.25) is 9.59 Å². The van der Waals surface area contributed by atoms with Crippen molar-refractivity contribution in [3.8, 4) is 0 Å². The first-order chi connectivity index (χ1) is 9.27. The van der Waals surface area contributed by atoms with Crippen molar-refractivity contribution >= 4 is 11.9 Å². The third-order valence-corrected chi connectivity index (χ3v) is 5.12. The number of rotatable bonds is 3. The van der Waals surface area contributed by atoms with Gasteiger partial charge in [0, 0.05) is 13.1 Å². The minimum absolute atomic E-state index is 0.0303. The Morgan fingerprint density at radius 3 is 2.60 bits per heavy atom. The third-order valence-electron chi connectivity index (χ3n) is 5.12. The van der Waals surface area contributed by atoms with Gasteiger partial charge < -0.3 is 15.3 Å². The highest BCUT2D eigenvalue weighted by Crippen LogP contribution is 2.35. The van der Waals surface area contributed by atoms with Crippen molar-refractivity contribution < 1.29 is 14.7 Å². The molecule has 0 aromatic carbocycles. The predicted octanol–water partition coefficient (Wildman–Crippen LogP) is 1.48. The van der Waals surface area contributed by atoms with Crippen LogP contribution in [0.3, 0.4) is 0 Å². The number of carbonyl (C=O) groups is 2. The molecule has 2 saturated heterocycles. The van der Waals surface area contributed by atoms with E-state index in [1.165, 1.54) is 0 Å². The lowest BCUT2D eigenvalue weighted by Crippen LogP contribution is -2.56. The highest BCUT2D eigenvalue weighted by Gasteiger charge is 2.44. The van der Waals surface area contributed by atoms with Crippen LogP contribution in [0.1, 0.15) is 46.5 Å². The molecule has 2 unspecified atom stereocenters. The predicted molar refractivity (Wildman–Crippen MR) is 76.4 cm³/mol. The second-order valence-corrected chi connectivity index (χ2v) is 6.98. The van der Waals surface area contributed by atoms with Gasteiger partial charge in [-0.1, -0.05) is 0 Å². The van der Waals surface area contributed by atoms with Crippen molar-refractivity contribution in [2.75, 3.05) is 19.6 Å². The largest absolute Gasteiger partial charge is 0.481 e. The first kappa shape index (κ1) is 15.3. The van der Waals surface area contributed by atoms with Crippen molar-refractivity contribution in [2.24, 2.45) is 11.3 Å². The van der Waals surface area contributed by atoms with Crippen LogP contribution in [0.15, 0.2) is 0 Å². The Balaban J connectivity index is 2.07. The fourth-order valence-corrected chi connectivity index (χ4v) is 3.35. The zero-order chi connectivity index (χ0) is 15.0. The number of hydrogen-bond acceptors (Lipinski definition) is 3. The van der Waals surface area contributed by atoms with Gasteiger partial charge in [-0.15, -0.1) is 0 Å². The Bertz CT molecular complexity index is 400. The molecule has 2 fully saturated rings. The minimum atomic E-state index is -0.776. The van der Waals surface area contributed by atoms with Crippen LogP contribution in [0.5, 0.6) is 0 Å². The Labute approximate surface area is 120 Å². The summed E-state index contributed by atoms with van der Waals surface area (Å²) in [4.78, 5) is 26.0. The molecule has 2 atom stereocenters. The lowest BCUT2D eigenvalue weighted by molar-refractivity contribution is -0.154. The Kier molecular flexibility index (Phi) is 4.09. The van der Waals surface area contributed by atoms with E-state index in [4.69, 9.17) is 0 Å². The van der Waals surface area contributed by atoms with E-state index in [-0.39, 0.29) is 11.8 Å². The fraction of sp³-hybridized carbons (Fsp3) is 0.867. The van der Waals surface area contributed by atoms with E-state index >= 15 is 0 Å². The normalized spacial score (nSPS) is 31.4. The second-order valence-electron chi connectivity index (χ2n) is 6.98. The summed E-state index contributed by atoms with van der Waals surface area (Å²) in [6.45, 7) is 7.71. The number of hydrogen-bond donors (Lipinski definition) is 2. The Morgan fingerprint density at radius 2 is 2.05 bits per heavy atom. The molecule has 2 aliphatic heterocycles. The molecule has 2 rings (SSSR count). The van der Waals surface area contributed by atoms with Gasteiger partial charge in [0.2, 0.25) is 5.91 Å². The molecular weight excluding hydrogens is 256 g/mol. The zero-order valence-electron chi connectivity index (χ0n) is 12.7. The van der Waals surface area contributed by atoms with E-state index in [0.29, 0.717) is 6.54 Å². The number of amides is 1. The zero-order valence-corrected chi connectivity index (χ0v) is 12.7. The maximum absolute atomic E-state index is 12.7. The Hall–Kier alpha value is -1.10. The lowest BCUT2D eigenvalue weighted by Gasteiger charge is -2.41. The summed E-state index contributed by atoms with van der Waals surface area (Å²) >= 11 is 0. The van der Waals surface area contributed by atoms with E-state index in [0.717, 1.165) is 38.8 Å². The summed E-state index contributed by atoms with van der Waals surface area (Å²) in [5.41, 5.74) is -1.22. The molecule has 0 aromatic rings. The standard InChI is InChI=1S/C15H26N2O3/c1-14(2,13(19)20)11-6-4-9-17(10-11)12(18)15(3)7-5-8-16-15/h11,16H,4-10H2,1-3H3,(H,19,20). The summed E-state index contributed by atoms with van der Waals surface area (Å²) in [6, 6.07) is 0. The van der Waals surface area contributed by atoms with Gasteiger partial charge in [-0.05, 0) is 58.9 Å². The number of carbonyl (C=O) groups excluding carboxylic acids is 1. The summed E-state index contributed by atoms with van der Waals surface area (Å²) in [5, 5.41) is 12.7. The van der Waals surface area contributed by atoms with E-state index in [2.05, 4.69) is 5.32 Å². The maximum Gasteiger partial charge on any atom is 0.309 e. The SMILES string of the molecule is CC1(C(=O)N2CCCC(C(C)(C)C(=O)O)C2)CCCN1. The number of aliphatic carboxylic acids is 1. The Morgan fingerprint density at radius 1 is 1.35 bits per heavy atom. The van der Waals surface area contributed by atoms with Gasteiger partial charge in [0.25, 0.3) is 0 Å². The van der Waals surface area contributed by atoms with Crippen LogP contribution in [0.2, 0.25) is 0 Å². The van der Waals surface area contributed by atoms with Gasteiger partial charge in [-0.2, -0.15) is 0 Å². The van der Waals surface area contributed by atoms with Crippen molar-refractivity contribution in [1.29, 1.82) is 0 Å². The number of carboxylic acid groups (broad SMARTS) is 1. The molecular formula is C15H26N2O3. The van der Waals surface area contributed by atoms with Crippen LogP contribution in [-0.4, -0.2) is 47.1 Å². The summed E-state index contributed by atoms with van der Waals surface area (Å²) in [5.74, 6) is -0.606. The van der Waals surface area contributed by atoms with Gasteiger partial charge in [0.15, 0.2) is 0 Å². The topological polar surface area (TPSA) is 69.6 Å². The molecule has 114 valence electrons. The number of nitrogens with one attached hydrogen (secondary N) is 1. The average molecular weight is 282 g/mol. The van der Waals surface area contributed by atoms with Gasteiger partial charge in [0.05, 0.1) is 11.0 Å². The molecule has 0 bridgehead atoms. The number of piperidine rings is 1. The molecule has 5 heteroatoms. The maximum atomic E-state index is 12.7. The van der Waals surface area contributed by atoms with Crippen LogP contribution < -0.4 is 5.32 Å². The molecule has 20 heavy (non-hydrogen) atoms. The molecule has 2 heterocycles. The molecule has 2 aliphatic rings. The highest BCUT2D eigenvalue weighted by molar-refractivity contribution is 5.86. The molecule has 5 nitrogen and oxygen atoms in total. The van der Waals surface area contributed by atoms with Crippen LogP contribution in [0, 0.1) is 11.3 Å². The van der Waals surface area contributed by atoms with Crippen LogP contribution in [0.4, 0.5) is 0 Å². The molecule has 0 aliphatic carbocycles. The van der Waals surface area contributed by atoms with Gasteiger partial charge in [0.1, 0.15) is 0 Å². The summed E-state index contributed by atoms with van der Waals surface area (Å²) in [6.07, 6.45) is 3.67. The molecule has 0 aromatic heterocycles. The minimum Gasteiger partial charge on any atom is -0.481 e. The fourth-order valence-electron chi connectivity index (χ4n) is 3.35. The highest BCUT2D eigenvalue weighted by atomic mass is 16.4. The first-order valence-corrected chi connectivity index (χ1v) is 7.55. The average Bonchev–Trinajstić information content (AvgIpc) is 2.86. The van der Waals surface area contributed by atoms with Crippen molar-refractivity contribution in [2.45, 2.75) is 52.0 Å². The van der Waals surface area contributed by atoms with E-state index in [1.807, 2.05) is 11.8 Å². The van der Waals surface area contributed by atoms with Crippen LogP contribution in [-0.2, 0) is 9.59 Å². The first-order valence-electron chi connectivity index (χ1n) is 7.55. The number of nitrogens with zero attached hydrogens (tertiary/aromatic N) is 1. The van der Waals surface area contributed by atoms with E-state index in [1.54, 1.807) is 13.8 Å². The molecule has 0 radical (unpaired) electrons.